The molecule has 1 atom stereocenters. The highest BCUT2D eigenvalue weighted by Crippen LogP contribution is 2.32. The van der Waals surface area contributed by atoms with E-state index in [2.05, 4.69) is 29.5 Å². The van der Waals surface area contributed by atoms with Crippen molar-refractivity contribution in [2.75, 3.05) is 40.9 Å². The van der Waals surface area contributed by atoms with E-state index in [0.717, 1.165) is 6.54 Å². The molecular formula is C15H30N4O2. The molecule has 1 unspecified atom stereocenters. The maximum atomic E-state index is 11.7. The molecule has 1 amide bonds. The molecule has 122 valence electrons. The van der Waals surface area contributed by atoms with Crippen LogP contribution in [0, 0.1) is 11.8 Å². The van der Waals surface area contributed by atoms with Crippen LogP contribution in [0.2, 0.25) is 0 Å². The first kappa shape index (κ1) is 17.8. The van der Waals surface area contributed by atoms with Gasteiger partial charge in [0.1, 0.15) is 6.54 Å². The van der Waals surface area contributed by atoms with Gasteiger partial charge >= 0.3 is 0 Å². The van der Waals surface area contributed by atoms with Gasteiger partial charge in [-0.15, -0.1) is 0 Å². The van der Waals surface area contributed by atoms with Gasteiger partial charge in [-0.1, -0.05) is 13.8 Å². The fourth-order valence-corrected chi connectivity index (χ4v) is 1.89. The molecule has 0 radical (unpaired) electrons. The van der Waals surface area contributed by atoms with E-state index in [-0.39, 0.29) is 18.5 Å². The van der Waals surface area contributed by atoms with Gasteiger partial charge < -0.3 is 20.3 Å². The Hall–Kier alpha value is -1.30. The van der Waals surface area contributed by atoms with Crippen LogP contribution in [0.25, 0.3) is 0 Å². The second kappa shape index (κ2) is 8.87. The predicted molar refractivity (Wildman–Crippen MR) is 85.4 cm³/mol. The molecule has 0 aromatic rings. The first-order valence-electron chi connectivity index (χ1n) is 7.68. The van der Waals surface area contributed by atoms with Gasteiger partial charge in [-0.25, -0.2) is 4.99 Å². The molecule has 0 saturated heterocycles. The van der Waals surface area contributed by atoms with Gasteiger partial charge in [-0.2, -0.15) is 0 Å². The zero-order valence-corrected chi connectivity index (χ0v) is 14.0. The van der Waals surface area contributed by atoms with Crippen LogP contribution in [0.15, 0.2) is 4.99 Å². The van der Waals surface area contributed by atoms with Crippen LogP contribution >= 0.6 is 0 Å². The van der Waals surface area contributed by atoms with E-state index in [4.69, 9.17) is 4.74 Å². The van der Waals surface area contributed by atoms with Crippen LogP contribution in [0.4, 0.5) is 0 Å². The summed E-state index contributed by atoms with van der Waals surface area (Å²) in [5.74, 6) is 1.87. The van der Waals surface area contributed by atoms with Crippen LogP contribution in [0.5, 0.6) is 0 Å². The van der Waals surface area contributed by atoms with Crippen LogP contribution in [-0.4, -0.2) is 63.7 Å². The third kappa shape index (κ3) is 7.32. The first-order valence-corrected chi connectivity index (χ1v) is 7.68. The summed E-state index contributed by atoms with van der Waals surface area (Å²) < 4.78 is 5.28. The average molecular weight is 298 g/mol. The highest BCUT2D eigenvalue weighted by Gasteiger charge is 2.31. The van der Waals surface area contributed by atoms with Gasteiger partial charge in [0.15, 0.2) is 5.96 Å². The maximum absolute atomic E-state index is 11.7. The zero-order valence-electron chi connectivity index (χ0n) is 14.0. The van der Waals surface area contributed by atoms with Crippen molar-refractivity contribution in [3.63, 3.8) is 0 Å². The third-order valence-electron chi connectivity index (χ3n) is 3.41. The molecule has 0 spiro atoms. The first-order chi connectivity index (χ1) is 9.93. The number of amides is 1. The third-order valence-corrected chi connectivity index (χ3v) is 3.41. The van der Waals surface area contributed by atoms with Gasteiger partial charge in [0.25, 0.3) is 0 Å². The number of carbonyl (C=O) groups excluding carboxylic acids is 1. The molecule has 2 N–H and O–H groups in total. The molecule has 1 aliphatic carbocycles. The number of hydrogen-bond donors (Lipinski definition) is 2. The van der Waals surface area contributed by atoms with Crippen LogP contribution in [0.1, 0.15) is 26.7 Å². The monoisotopic (exact) mass is 298 g/mol. The molecule has 1 saturated carbocycles. The Morgan fingerprint density at radius 1 is 1.38 bits per heavy atom. The number of carbonyl (C=O) groups is 1. The van der Waals surface area contributed by atoms with Crippen LogP contribution in [0.3, 0.4) is 0 Å². The van der Waals surface area contributed by atoms with E-state index in [0.29, 0.717) is 24.4 Å². The van der Waals surface area contributed by atoms with Crippen LogP contribution in [-0.2, 0) is 9.53 Å². The van der Waals surface area contributed by atoms with Crippen molar-refractivity contribution in [3.8, 4) is 0 Å². The highest BCUT2D eigenvalue weighted by molar-refractivity contribution is 5.85. The van der Waals surface area contributed by atoms with Crippen molar-refractivity contribution in [1.82, 2.24) is 15.5 Å². The fourth-order valence-electron chi connectivity index (χ4n) is 1.89. The number of ether oxygens (including phenoxy) is 1. The second-order valence-corrected chi connectivity index (χ2v) is 6.27. The molecular weight excluding hydrogens is 268 g/mol. The number of likely N-dealkylation sites (N-methyl/N-ethyl adjacent to an activating group) is 1. The van der Waals surface area contributed by atoms with E-state index in [1.165, 1.54) is 12.8 Å². The summed E-state index contributed by atoms with van der Waals surface area (Å²) >= 11 is 0. The SMILES string of the molecule is COCC(NC(=NCC(=O)N(C)C)NCC(C)C)C1CC1. The average Bonchev–Trinajstić information content (AvgIpc) is 3.24. The molecule has 0 aromatic carbocycles. The summed E-state index contributed by atoms with van der Waals surface area (Å²) in [7, 11) is 5.19. The molecule has 6 heteroatoms. The van der Waals surface area contributed by atoms with Gasteiger partial charge in [-0.3, -0.25) is 4.79 Å². The molecule has 1 rings (SSSR count). The Labute approximate surface area is 128 Å². The van der Waals surface area contributed by atoms with Crippen molar-refractivity contribution in [2.45, 2.75) is 32.7 Å². The minimum atomic E-state index is -0.00430. The Bertz CT molecular complexity index is 352. The molecule has 0 aromatic heterocycles. The summed E-state index contributed by atoms with van der Waals surface area (Å²) in [6.07, 6.45) is 2.46. The summed E-state index contributed by atoms with van der Waals surface area (Å²) in [6.45, 7) is 5.93. The number of rotatable bonds is 8. The number of hydrogen-bond acceptors (Lipinski definition) is 3. The molecule has 6 nitrogen and oxygen atoms in total. The number of nitrogens with zero attached hydrogens (tertiary/aromatic N) is 2. The second-order valence-electron chi connectivity index (χ2n) is 6.27. The Morgan fingerprint density at radius 3 is 2.52 bits per heavy atom. The molecule has 0 bridgehead atoms. The summed E-state index contributed by atoms with van der Waals surface area (Å²) in [4.78, 5) is 17.6. The maximum Gasteiger partial charge on any atom is 0.243 e. The Balaban J connectivity index is 2.61. The van der Waals surface area contributed by atoms with Crippen LogP contribution < -0.4 is 10.6 Å². The van der Waals surface area contributed by atoms with Crippen molar-refractivity contribution < 1.29 is 9.53 Å². The van der Waals surface area contributed by atoms with Crippen molar-refractivity contribution in [2.24, 2.45) is 16.8 Å². The lowest BCUT2D eigenvalue weighted by atomic mass is 10.2. The summed E-state index contributed by atoms with van der Waals surface area (Å²) in [5, 5.41) is 6.71. The number of methoxy groups -OCH3 is 1. The molecule has 1 aliphatic rings. The molecule has 0 heterocycles. The minimum Gasteiger partial charge on any atom is -0.383 e. The molecule has 21 heavy (non-hydrogen) atoms. The highest BCUT2D eigenvalue weighted by atomic mass is 16.5. The topological polar surface area (TPSA) is 66.0 Å². The van der Waals surface area contributed by atoms with Gasteiger partial charge in [-0.05, 0) is 24.7 Å². The Morgan fingerprint density at radius 2 is 2.05 bits per heavy atom. The summed E-state index contributed by atoms with van der Waals surface area (Å²) in [5.41, 5.74) is 0. The number of aliphatic imine (C=N–C) groups is 1. The summed E-state index contributed by atoms with van der Waals surface area (Å²) in [6, 6.07) is 0.267. The normalized spacial score (nSPS) is 16.8. The smallest absolute Gasteiger partial charge is 0.243 e. The van der Waals surface area contributed by atoms with Gasteiger partial charge in [0.05, 0.1) is 12.6 Å². The lowest BCUT2D eigenvalue weighted by Crippen LogP contribution is -2.47. The van der Waals surface area contributed by atoms with E-state index >= 15 is 0 Å². The van der Waals surface area contributed by atoms with Crippen molar-refractivity contribution in [1.29, 1.82) is 0 Å². The number of guanidine groups is 1. The standard InChI is InChI=1S/C15H30N4O2/c1-11(2)8-16-15(17-9-14(20)19(3)4)18-13(10-21-5)12-6-7-12/h11-13H,6-10H2,1-5H3,(H2,16,17,18). The number of nitrogens with one attached hydrogen (secondary N) is 2. The predicted octanol–water partition coefficient (Wildman–Crippen LogP) is 0.691. The molecule has 0 aliphatic heterocycles. The van der Waals surface area contributed by atoms with Gasteiger partial charge in [0, 0.05) is 27.7 Å². The minimum absolute atomic E-state index is 0.00430. The molecule has 1 fully saturated rings. The lowest BCUT2D eigenvalue weighted by molar-refractivity contribution is -0.127. The van der Waals surface area contributed by atoms with Gasteiger partial charge in [0.2, 0.25) is 5.91 Å². The van der Waals surface area contributed by atoms with Crippen molar-refractivity contribution >= 4 is 11.9 Å². The zero-order chi connectivity index (χ0) is 15.8. The fraction of sp³-hybridized carbons (Fsp3) is 0.867. The largest absolute Gasteiger partial charge is 0.383 e. The quantitative estimate of drug-likeness (QED) is 0.511. The lowest BCUT2D eigenvalue weighted by Gasteiger charge is -2.21. The van der Waals surface area contributed by atoms with E-state index < -0.39 is 0 Å². The van der Waals surface area contributed by atoms with E-state index in [1.54, 1.807) is 26.1 Å². The Kier molecular flexibility index (Phi) is 7.50. The van der Waals surface area contributed by atoms with Crippen molar-refractivity contribution in [3.05, 3.63) is 0 Å². The van der Waals surface area contributed by atoms with E-state index in [1.807, 2.05) is 0 Å². The van der Waals surface area contributed by atoms with E-state index in [9.17, 15) is 4.79 Å².